The number of nitrogens with zero attached hydrogens (tertiary/aromatic N) is 1. The quantitative estimate of drug-likeness (QED) is 0.532. The molecule has 0 radical (unpaired) electrons. The summed E-state index contributed by atoms with van der Waals surface area (Å²) in [5.41, 5.74) is 3.93. The fourth-order valence-electron chi connectivity index (χ4n) is 2.95. The summed E-state index contributed by atoms with van der Waals surface area (Å²) in [5.74, 6) is 0.0649. The summed E-state index contributed by atoms with van der Waals surface area (Å²) in [6, 6.07) is 16.7. The molecule has 0 aliphatic heterocycles. The number of H-pyrrole nitrogens is 1. The van der Waals surface area contributed by atoms with Gasteiger partial charge in [-0.1, -0.05) is 12.1 Å². The van der Waals surface area contributed by atoms with Gasteiger partial charge in [0.05, 0.1) is 17.5 Å². The van der Waals surface area contributed by atoms with Crippen molar-refractivity contribution in [3.05, 3.63) is 60.2 Å². The van der Waals surface area contributed by atoms with Crippen LogP contribution in [0.4, 0.5) is 0 Å². The van der Waals surface area contributed by atoms with Crippen LogP contribution in [0.25, 0.3) is 22.5 Å². The molecule has 7 heteroatoms. The third-order valence-corrected chi connectivity index (χ3v) is 4.31. The Labute approximate surface area is 181 Å². The molecule has 0 spiro atoms. The molecule has 2 aromatic carbocycles. The van der Waals surface area contributed by atoms with Gasteiger partial charge in [-0.25, -0.2) is 4.79 Å². The highest BCUT2D eigenvalue weighted by molar-refractivity contribution is 5.95. The standard InChI is InChI=1S/C24H27N3O4/c1-15(2)25-24(29)19-7-5-6-18(12-19)22-13-21(26-27-22)17-8-10-20(11-9-17)30-14-23(28)31-16(3)4/h5-13,15-16H,14H2,1-4H3,(H,25,29)(H,26,27). The zero-order valence-corrected chi connectivity index (χ0v) is 18.1. The second-order valence-electron chi connectivity index (χ2n) is 7.73. The fraction of sp³-hybridized carbons (Fsp3) is 0.292. The van der Waals surface area contributed by atoms with E-state index in [0.717, 1.165) is 22.5 Å². The van der Waals surface area contributed by atoms with Crippen molar-refractivity contribution in [2.24, 2.45) is 0 Å². The summed E-state index contributed by atoms with van der Waals surface area (Å²) >= 11 is 0. The Morgan fingerprint density at radius 3 is 2.42 bits per heavy atom. The Bertz CT molecular complexity index is 1040. The molecule has 1 amide bonds. The number of benzene rings is 2. The van der Waals surface area contributed by atoms with Gasteiger partial charge in [-0.05, 0) is 75.7 Å². The van der Waals surface area contributed by atoms with E-state index in [9.17, 15) is 9.59 Å². The highest BCUT2D eigenvalue weighted by atomic mass is 16.6. The molecule has 2 N–H and O–H groups in total. The number of nitrogens with one attached hydrogen (secondary N) is 2. The highest BCUT2D eigenvalue weighted by Crippen LogP contribution is 2.26. The molecule has 0 saturated heterocycles. The van der Waals surface area contributed by atoms with Gasteiger partial charge in [-0.2, -0.15) is 5.10 Å². The van der Waals surface area contributed by atoms with Crippen LogP contribution in [0, 0.1) is 0 Å². The molecule has 0 aliphatic rings. The van der Waals surface area contributed by atoms with Gasteiger partial charge in [0.2, 0.25) is 0 Å². The summed E-state index contributed by atoms with van der Waals surface area (Å²) in [4.78, 5) is 23.9. The number of amides is 1. The summed E-state index contributed by atoms with van der Waals surface area (Å²) in [6.45, 7) is 7.31. The van der Waals surface area contributed by atoms with E-state index in [0.29, 0.717) is 11.3 Å². The lowest BCUT2D eigenvalue weighted by Gasteiger charge is -2.09. The van der Waals surface area contributed by atoms with Gasteiger partial charge in [0.15, 0.2) is 6.61 Å². The van der Waals surface area contributed by atoms with E-state index >= 15 is 0 Å². The number of esters is 1. The Balaban J connectivity index is 1.68. The minimum Gasteiger partial charge on any atom is -0.482 e. The van der Waals surface area contributed by atoms with Gasteiger partial charge in [-0.3, -0.25) is 9.89 Å². The lowest BCUT2D eigenvalue weighted by atomic mass is 10.1. The van der Waals surface area contributed by atoms with Gasteiger partial charge in [0.1, 0.15) is 5.75 Å². The SMILES string of the molecule is CC(C)NC(=O)c1cccc(-c2cc(-c3ccc(OCC(=O)OC(C)C)cc3)[nH]n2)c1. The Morgan fingerprint density at radius 2 is 1.74 bits per heavy atom. The van der Waals surface area contributed by atoms with Crippen LogP contribution in [-0.4, -0.2) is 40.8 Å². The van der Waals surface area contributed by atoms with E-state index in [-0.39, 0.29) is 24.7 Å². The van der Waals surface area contributed by atoms with E-state index in [1.54, 1.807) is 32.0 Å². The van der Waals surface area contributed by atoms with Crippen LogP contribution in [0.5, 0.6) is 5.75 Å². The number of ether oxygens (including phenoxy) is 2. The zero-order valence-electron chi connectivity index (χ0n) is 18.1. The molecule has 0 saturated carbocycles. The van der Waals surface area contributed by atoms with Crippen LogP contribution in [0.15, 0.2) is 54.6 Å². The van der Waals surface area contributed by atoms with Crippen LogP contribution in [0.3, 0.4) is 0 Å². The molecule has 0 aliphatic carbocycles. The number of carbonyl (C=O) groups is 2. The van der Waals surface area contributed by atoms with Crippen LogP contribution >= 0.6 is 0 Å². The van der Waals surface area contributed by atoms with E-state index < -0.39 is 5.97 Å². The fourth-order valence-corrected chi connectivity index (χ4v) is 2.95. The Morgan fingerprint density at radius 1 is 1.00 bits per heavy atom. The number of hydrogen-bond acceptors (Lipinski definition) is 5. The van der Waals surface area contributed by atoms with Crippen molar-refractivity contribution in [2.45, 2.75) is 39.8 Å². The topological polar surface area (TPSA) is 93.3 Å². The first-order chi connectivity index (χ1) is 14.8. The van der Waals surface area contributed by atoms with Crippen LogP contribution in [0.2, 0.25) is 0 Å². The van der Waals surface area contributed by atoms with Crippen molar-refractivity contribution >= 4 is 11.9 Å². The van der Waals surface area contributed by atoms with Crippen molar-refractivity contribution in [3.8, 4) is 28.3 Å². The average Bonchev–Trinajstić information content (AvgIpc) is 3.22. The molecule has 3 aromatic rings. The Hall–Kier alpha value is -3.61. The number of aromatic amines is 1. The number of rotatable bonds is 8. The first-order valence-corrected chi connectivity index (χ1v) is 10.2. The lowest BCUT2D eigenvalue weighted by molar-refractivity contribution is -0.149. The van der Waals surface area contributed by atoms with Crippen LogP contribution in [0.1, 0.15) is 38.1 Å². The van der Waals surface area contributed by atoms with Crippen molar-refractivity contribution in [1.82, 2.24) is 15.5 Å². The van der Waals surface area contributed by atoms with E-state index in [1.807, 2.05) is 50.2 Å². The minimum absolute atomic E-state index is 0.0703. The van der Waals surface area contributed by atoms with E-state index in [2.05, 4.69) is 15.5 Å². The molecular weight excluding hydrogens is 394 g/mol. The smallest absolute Gasteiger partial charge is 0.344 e. The summed E-state index contributed by atoms with van der Waals surface area (Å²) < 4.78 is 10.5. The van der Waals surface area contributed by atoms with E-state index in [1.165, 1.54) is 0 Å². The van der Waals surface area contributed by atoms with Gasteiger partial charge < -0.3 is 14.8 Å². The molecule has 7 nitrogen and oxygen atoms in total. The van der Waals surface area contributed by atoms with Crippen molar-refractivity contribution < 1.29 is 19.1 Å². The number of aromatic nitrogens is 2. The second kappa shape index (κ2) is 9.93. The maximum atomic E-state index is 12.3. The van der Waals surface area contributed by atoms with Crippen molar-refractivity contribution in [2.75, 3.05) is 6.61 Å². The van der Waals surface area contributed by atoms with E-state index in [4.69, 9.17) is 9.47 Å². The monoisotopic (exact) mass is 421 g/mol. The summed E-state index contributed by atoms with van der Waals surface area (Å²) in [5, 5.41) is 10.3. The van der Waals surface area contributed by atoms with Crippen molar-refractivity contribution in [1.29, 1.82) is 0 Å². The molecule has 31 heavy (non-hydrogen) atoms. The first kappa shape index (κ1) is 22.1. The minimum atomic E-state index is -0.401. The molecule has 0 atom stereocenters. The lowest BCUT2D eigenvalue weighted by Crippen LogP contribution is -2.30. The molecule has 0 fully saturated rings. The largest absolute Gasteiger partial charge is 0.482 e. The molecule has 0 unspecified atom stereocenters. The van der Waals surface area contributed by atoms with Gasteiger partial charge in [0, 0.05) is 17.2 Å². The third-order valence-electron chi connectivity index (χ3n) is 4.31. The van der Waals surface area contributed by atoms with Gasteiger partial charge in [0.25, 0.3) is 5.91 Å². The third kappa shape index (κ3) is 6.18. The predicted molar refractivity (Wildman–Crippen MR) is 119 cm³/mol. The average molecular weight is 421 g/mol. The highest BCUT2D eigenvalue weighted by Gasteiger charge is 2.11. The summed E-state index contributed by atoms with van der Waals surface area (Å²) in [6.07, 6.45) is -0.168. The van der Waals surface area contributed by atoms with Crippen molar-refractivity contribution in [3.63, 3.8) is 0 Å². The molecule has 3 rings (SSSR count). The molecule has 1 heterocycles. The molecule has 1 aromatic heterocycles. The molecule has 162 valence electrons. The van der Waals surface area contributed by atoms with Crippen LogP contribution < -0.4 is 10.1 Å². The predicted octanol–water partition coefficient (Wildman–Crippen LogP) is 4.21. The van der Waals surface area contributed by atoms with Crippen LogP contribution in [-0.2, 0) is 9.53 Å². The van der Waals surface area contributed by atoms with Gasteiger partial charge in [-0.15, -0.1) is 0 Å². The second-order valence-corrected chi connectivity index (χ2v) is 7.73. The summed E-state index contributed by atoms with van der Waals surface area (Å²) in [7, 11) is 0. The maximum absolute atomic E-state index is 12.3. The molecule has 0 bridgehead atoms. The normalized spacial score (nSPS) is 10.9. The number of hydrogen-bond donors (Lipinski definition) is 2. The van der Waals surface area contributed by atoms with Gasteiger partial charge >= 0.3 is 5.97 Å². The zero-order chi connectivity index (χ0) is 22.4. The maximum Gasteiger partial charge on any atom is 0.344 e. The number of carbonyl (C=O) groups excluding carboxylic acids is 2. The first-order valence-electron chi connectivity index (χ1n) is 10.2. The Kier molecular flexibility index (Phi) is 7.07. The molecular formula is C24H27N3O4.